The summed E-state index contributed by atoms with van der Waals surface area (Å²) in [6.45, 7) is 0. The van der Waals surface area contributed by atoms with Gasteiger partial charge >= 0.3 is 0 Å². The Morgan fingerprint density at radius 1 is 0.769 bits per heavy atom. The molecule has 0 saturated heterocycles. The van der Waals surface area contributed by atoms with E-state index in [0.29, 0.717) is 0 Å². The molecule has 0 spiro atoms. The fourth-order valence-corrected chi connectivity index (χ4v) is 3.88. The monoisotopic (exact) mass is 353 g/mol. The van der Waals surface area contributed by atoms with Crippen LogP contribution in [-0.2, 0) is 0 Å². The summed E-state index contributed by atoms with van der Waals surface area (Å²) in [7, 11) is 0. The van der Waals surface area contributed by atoms with E-state index in [-0.39, 0.29) is 0 Å². The van der Waals surface area contributed by atoms with Gasteiger partial charge in [0.2, 0.25) is 0 Å². The second-order valence-electron chi connectivity index (χ2n) is 6.06. The van der Waals surface area contributed by atoms with Gasteiger partial charge in [-0.25, -0.2) is 4.99 Å². The Labute approximate surface area is 155 Å². The van der Waals surface area contributed by atoms with E-state index in [9.17, 15) is 0 Å². The number of thiophene rings is 1. The van der Waals surface area contributed by atoms with Crippen molar-refractivity contribution in [3.63, 3.8) is 0 Å². The molecule has 1 aliphatic heterocycles. The molecule has 0 saturated carbocycles. The first kappa shape index (κ1) is 15.0. The van der Waals surface area contributed by atoms with Crippen LogP contribution >= 0.6 is 11.3 Å². The number of nitrogens with zero attached hydrogens (tertiary/aromatic N) is 2. The lowest BCUT2D eigenvalue weighted by atomic mass is 9.97. The molecule has 2 heterocycles. The average Bonchev–Trinajstić information content (AvgIpc) is 3.16. The molecule has 1 aliphatic rings. The van der Waals surface area contributed by atoms with E-state index in [1.165, 1.54) is 5.39 Å². The Kier molecular flexibility index (Phi) is 3.61. The maximum atomic E-state index is 4.99. The number of benzene rings is 3. The molecular weight excluding hydrogens is 338 g/mol. The normalized spacial score (nSPS) is 13.4. The molecule has 5 rings (SSSR count). The maximum Gasteiger partial charge on any atom is 0.164 e. The van der Waals surface area contributed by atoms with Crippen molar-refractivity contribution in [3.05, 3.63) is 100 Å². The molecule has 4 aromatic rings. The summed E-state index contributed by atoms with van der Waals surface area (Å²) in [5.41, 5.74) is 7.16. The summed E-state index contributed by atoms with van der Waals surface area (Å²) in [5, 5.41) is 9.08. The highest BCUT2D eigenvalue weighted by Gasteiger charge is 2.19. The third-order valence-corrected chi connectivity index (χ3v) is 5.33. The second-order valence-corrected chi connectivity index (χ2v) is 7.01. The summed E-state index contributed by atoms with van der Waals surface area (Å²) >= 11 is 1.65. The third kappa shape index (κ3) is 2.52. The van der Waals surface area contributed by atoms with Crippen molar-refractivity contribution in [2.24, 2.45) is 10.1 Å². The van der Waals surface area contributed by atoms with Crippen LogP contribution < -0.4 is 5.43 Å². The van der Waals surface area contributed by atoms with Crippen molar-refractivity contribution in [2.75, 3.05) is 0 Å². The molecule has 4 heteroatoms. The molecule has 124 valence electrons. The van der Waals surface area contributed by atoms with Crippen molar-refractivity contribution in [1.82, 2.24) is 5.43 Å². The molecule has 0 bridgehead atoms. The second kappa shape index (κ2) is 6.24. The highest BCUT2D eigenvalue weighted by Crippen LogP contribution is 2.34. The number of rotatable bonds is 2. The number of hydrazone groups is 1. The minimum Gasteiger partial charge on any atom is -0.260 e. The Morgan fingerprint density at radius 2 is 1.62 bits per heavy atom. The van der Waals surface area contributed by atoms with Gasteiger partial charge in [-0.2, -0.15) is 5.10 Å². The van der Waals surface area contributed by atoms with Crippen LogP contribution in [0.15, 0.2) is 94.3 Å². The van der Waals surface area contributed by atoms with Gasteiger partial charge in [-0.15, -0.1) is 11.3 Å². The lowest BCUT2D eigenvalue weighted by Gasteiger charge is -2.10. The lowest BCUT2D eigenvalue weighted by molar-refractivity contribution is 1.03. The molecule has 0 fully saturated rings. The zero-order chi connectivity index (χ0) is 17.3. The van der Waals surface area contributed by atoms with E-state index in [1.807, 2.05) is 24.3 Å². The number of amidine groups is 1. The van der Waals surface area contributed by atoms with Gasteiger partial charge in [-0.1, -0.05) is 66.7 Å². The van der Waals surface area contributed by atoms with Crippen LogP contribution in [-0.4, -0.2) is 11.5 Å². The number of hydrogen-bond acceptors (Lipinski definition) is 4. The summed E-state index contributed by atoms with van der Waals surface area (Å²) in [6, 6.07) is 26.9. The van der Waals surface area contributed by atoms with Crippen LogP contribution in [0.2, 0.25) is 0 Å². The third-order valence-electron chi connectivity index (χ3n) is 4.45. The van der Waals surface area contributed by atoms with Gasteiger partial charge in [0.25, 0.3) is 0 Å². The largest absolute Gasteiger partial charge is 0.260 e. The van der Waals surface area contributed by atoms with Gasteiger partial charge in [0.05, 0.1) is 16.3 Å². The van der Waals surface area contributed by atoms with Crippen molar-refractivity contribution in [3.8, 4) is 0 Å². The van der Waals surface area contributed by atoms with Crippen LogP contribution in [0.1, 0.15) is 16.0 Å². The number of fused-ring (bicyclic) bond motifs is 3. The molecule has 26 heavy (non-hydrogen) atoms. The van der Waals surface area contributed by atoms with Crippen LogP contribution in [0.3, 0.4) is 0 Å². The predicted octanol–water partition coefficient (Wildman–Crippen LogP) is 5.34. The lowest BCUT2D eigenvalue weighted by Crippen LogP contribution is -2.18. The van der Waals surface area contributed by atoms with E-state index in [0.717, 1.165) is 38.6 Å². The summed E-state index contributed by atoms with van der Waals surface area (Å²) in [4.78, 5) is 6.06. The zero-order valence-electron chi connectivity index (χ0n) is 13.9. The summed E-state index contributed by atoms with van der Waals surface area (Å²) < 4.78 is 0. The quantitative estimate of drug-likeness (QED) is 0.519. The SMILES string of the molecule is c1ccc(C2=NNC(c3cccs3)=Nc3c2ccc2ccccc32)cc1. The molecule has 0 atom stereocenters. The van der Waals surface area contributed by atoms with E-state index < -0.39 is 0 Å². The number of nitrogens with one attached hydrogen (secondary N) is 1. The first-order valence-electron chi connectivity index (χ1n) is 8.44. The summed E-state index contributed by atoms with van der Waals surface area (Å²) in [5.74, 6) is 0.781. The Hall–Kier alpha value is -3.24. The molecule has 3 nitrogen and oxygen atoms in total. The van der Waals surface area contributed by atoms with Crippen LogP contribution in [0.5, 0.6) is 0 Å². The van der Waals surface area contributed by atoms with Crippen LogP contribution in [0.4, 0.5) is 5.69 Å². The molecular formula is C22H15N3S. The standard InChI is InChI=1S/C22H15N3S/c1-2-8-16(9-3-1)20-18-13-12-15-7-4-5-10-17(15)21(18)23-22(25-24-20)19-11-6-14-26-19/h1-14H,(H,23,25). The van der Waals surface area contributed by atoms with E-state index in [1.54, 1.807) is 11.3 Å². The topological polar surface area (TPSA) is 36.8 Å². The van der Waals surface area contributed by atoms with Crippen molar-refractivity contribution in [1.29, 1.82) is 0 Å². The van der Waals surface area contributed by atoms with Crippen molar-refractivity contribution in [2.45, 2.75) is 0 Å². The fraction of sp³-hybridized carbons (Fsp3) is 0. The average molecular weight is 353 g/mol. The van der Waals surface area contributed by atoms with Crippen molar-refractivity contribution >= 4 is 39.3 Å². The molecule has 1 aromatic heterocycles. The van der Waals surface area contributed by atoms with E-state index in [4.69, 9.17) is 10.1 Å². The molecule has 3 aromatic carbocycles. The van der Waals surface area contributed by atoms with Gasteiger partial charge in [-0.05, 0) is 22.9 Å². The Morgan fingerprint density at radius 3 is 2.46 bits per heavy atom. The predicted molar refractivity (Wildman–Crippen MR) is 110 cm³/mol. The molecule has 0 amide bonds. The zero-order valence-corrected chi connectivity index (χ0v) is 14.7. The van der Waals surface area contributed by atoms with Gasteiger partial charge in [0, 0.05) is 16.5 Å². The first-order valence-corrected chi connectivity index (χ1v) is 9.32. The molecule has 0 unspecified atom stereocenters. The van der Waals surface area contributed by atoms with Crippen LogP contribution in [0.25, 0.3) is 10.8 Å². The van der Waals surface area contributed by atoms with Gasteiger partial charge < -0.3 is 0 Å². The van der Waals surface area contributed by atoms with E-state index >= 15 is 0 Å². The highest BCUT2D eigenvalue weighted by atomic mass is 32.1. The molecule has 0 radical (unpaired) electrons. The van der Waals surface area contributed by atoms with E-state index in [2.05, 4.69) is 65.4 Å². The highest BCUT2D eigenvalue weighted by molar-refractivity contribution is 7.12. The Balaban J connectivity index is 1.81. The van der Waals surface area contributed by atoms with Crippen molar-refractivity contribution < 1.29 is 0 Å². The molecule has 0 aliphatic carbocycles. The number of aliphatic imine (C=N–C) groups is 1. The smallest absolute Gasteiger partial charge is 0.164 e. The molecule has 1 N–H and O–H groups in total. The van der Waals surface area contributed by atoms with Gasteiger partial charge in [0.15, 0.2) is 5.84 Å². The minimum absolute atomic E-state index is 0.781. The fourth-order valence-electron chi connectivity index (χ4n) is 3.21. The minimum atomic E-state index is 0.781. The van der Waals surface area contributed by atoms with Crippen LogP contribution in [0, 0.1) is 0 Å². The van der Waals surface area contributed by atoms with Gasteiger partial charge in [0.1, 0.15) is 0 Å². The first-order chi connectivity index (χ1) is 12.9. The summed E-state index contributed by atoms with van der Waals surface area (Å²) in [6.07, 6.45) is 0. The maximum absolute atomic E-state index is 4.99. The number of hydrogen-bond donors (Lipinski definition) is 1. The Bertz CT molecular complexity index is 1140. The van der Waals surface area contributed by atoms with Gasteiger partial charge in [-0.3, -0.25) is 5.43 Å².